The van der Waals surface area contributed by atoms with Gasteiger partial charge in [0, 0.05) is 58.6 Å². The molecule has 2 atom stereocenters. The van der Waals surface area contributed by atoms with Crippen molar-refractivity contribution >= 4 is 46.0 Å². The molecule has 226 valence electrons. The summed E-state index contributed by atoms with van der Waals surface area (Å²) in [5.41, 5.74) is 3.80. The highest BCUT2D eigenvalue weighted by Crippen LogP contribution is 2.32. The average molecular weight is 602 g/mol. The van der Waals surface area contributed by atoms with Gasteiger partial charge in [0.05, 0.1) is 16.9 Å². The smallest absolute Gasteiger partial charge is 0.251 e. The van der Waals surface area contributed by atoms with Crippen LogP contribution in [-0.2, 0) is 4.79 Å². The lowest BCUT2D eigenvalue weighted by atomic mass is 9.91. The second-order valence-corrected chi connectivity index (χ2v) is 11.0. The summed E-state index contributed by atoms with van der Waals surface area (Å²) >= 11 is 6.50. The molecule has 2 amide bonds. The molecule has 4 aromatic rings. The number of nitrogens with one attached hydrogen (secondary N) is 4. The summed E-state index contributed by atoms with van der Waals surface area (Å²) in [4.78, 5) is 39.4. The van der Waals surface area contributed by atoms with E-state index >= 15 is 0 Å². The Hall–Kier alpha value is -4.21. The number of carbonyl (C=O) groups excluding carboxylic acids is 2. The summed E-state index contributed by atoms with van der Waals surface area (Å²) in [6.45, 7) is 4.68. The van der Waals surface area contributed by atoms with Crippen molar-refractivity contribution < 1.29 is 9.59 Å². The Morgan fingerprint density at radius 3 is 2.58 bits per heavy atom. The quantitative estimate of drug-likeness (QED) is 0.163. The molecule has 2 heterocycles. The molecule has 4 N–H and O–H groups in total. The summed E-state index contributed by atoms with van der Waals surface area (Å²) in [7, 11) is 3.87. The summed E-state index contributed by atoms with van der Waals surface area (Å²) in [6.07, 6.45) is 10.4. The van der Waals surface area contributed by atoms with Crippen molar-refractivity contribution in [2.24, 2.45) is 0 Å². The summed E-state index contributed by atoms with van der Waals surface area (Å²) in [5, 5.41) is 11.0. The molecule has 0 aliphatic heterocycles. The van der Waals surface area contributed by atoms with Crippen molar-refractivity contribution in [3.8, 4) is 11.3 Å². The molecule has 0 radical (unpaired) electrons. The molecule has 1 aliphatic carbocycles. The monoisotopic (exact) mass is 601 g/mol. The van der Waals surface area contributed by atoms with Gasteiger partial charge in [0.25, 0.3) is 5.91 Å². The van der Waals surface area contributed by atoms with Gasteiger partial charge < -0.3 is 25.8 Å². The Morgan fingerprint density at radius 1 is 1.07 bits per heavy atom. The number of H-pyrrole nitrogens is 1. The Bertz CT molecular complexity index is 1550. The van der Waals surface area contributed by atoms with Gasteiger partial charge in [-0.1, -0.05) is 49.7 Å². The van der Waals surface area contributed by atoms with E-state index in [0.717, 1.165) is 42.1 Å². The van der Waals surface area contributed by atoms with Crippen LogP contribution in [0.25, 0.3) is 22.2 Å². The third-order valence-corrected chi connectivity index (χ3v) is 7.36. The largest absolute Gasteiger partial charge is 0.360 e. The van der Waals surface area contributed by atoms with Gasteiger partial charge in [-0.2, -0.15) is 0 Å². The van der Waals surface area contributed by atoms with Crippen LogP contribution >= 0.6 is 11.6 Å². The van der Waals surface area contributed by atoms with E-state index in [1.165, 1.54) is 6.08 Å². The molecule has 0 bridgehead atoms. The van der Waals surface area contributed by atoms with Gasteiger partial charge in [-0.3, -0.25) is 9.59 Å². The third kappa shape index (κ3) is 8.65. The SMILES string of the molecule is CC.CN(C)C/C=C/C(=O)Nc1ccc(C(=O)NC2CCCC(Nc3ncc(Cl)c(-c4c[nH]c5ccccc45)n3)C2)cc1. The molecule has 5 rings (SSSR count). The van der Waals surface area contributed by atoms with Crippen LogP contribution in [-0.4, -0.2) is 64.4 Å². The number of aromatic amines is 1. The summed E-state index contributed by atoms with van der Waals surface area (Å²) < 4.78 is 0. The maximum atomic E-state index is 13.0. The van der Waals surface area contributed by atoms with Crippen molar-refractivity contribution in [2.75, 3.05) is 31.3 Å². The number of anilines is 2. The number of amides is 2. The molecule has 43 heavy (non-hydrogen) atoms. The molecule has 0 saturated heterocycles. The number of rotatable bonds is 9. The van der Waals surface area contributed by atoms with E-state index in [0.29, 0.717) is 34.5 Å². The van der Waals surface area contributed by atoms with Gasteiger partial charge in [-0.05, 0) is 70.1 Å². The van der Waals surface area contributed by atoms with E-state index < -0.39 is 0 Å². The molecule has 10 heteroatoms. The van der Waals surface area contributed by atoms with E-state index in [2.05, 4.69) is 25.9 Å². The van der Waals surface area contributed by atoms with Gasteiger partial charge in [0.2, 0.25) is 11.9 Å². The summed E-state index contributed by atoms with van der Waals surface area (Å²) in [6, 6.07) is 15.1. The van der Waals surface area contributed by atoms with Gasteiger partial charge in [0.15, 0.2) is 0 Å². The Balaban J connectivity index is 0.00000207. The average Bonchev–Trinajstić information content (AvgIpc) is 3.43. The number of carbonyl (C=O) groups is 2. The van der Waals surface area contributed by atoms with Gasteiger partial charge in [0.1, 0.15) is 0 Å². The number of para-hydroxylation sites is 1. The van der Waals surface area contributed by atoms with Crippen molar-refractivity contribution in [3.05, 3.63) is 83.7 Å². The van der Waals surface area contributed by atoms with Crippen molar-refractivity contribution in [3.63, 3.8) is 0 Å². The zero-order chi connectivity index (χ0) is 30.8. The van der Waals surface area contributed by atoms with Gasteiger partial charge >= 0.3 is 0 Å². The second-order valence-electron chi connectivity index (χ2n) is 10.5. The minimum atomic E-state index is -0.206. The number of likely N-dealkylation sites (N-methyl/N-ethyl adjacent to an activating group) is 1. The first-order valence-corrected chi connectivity index (χ1v) is 15.1. The van der Waals surface area contributed by atoms with E-state index in [1.807, 2.05) is 63.3 Å². The lowest BCUT2D eigenvalue weighted by Crippen LogP contribution is -2.42. The van der Waals surface area contributed by atoms with Crippen molar-refractivity contribution in [1.82, 2.24) is 25.2 Å². The van der Waals surface area contributed by atoms with E-state index in [9.17, 15) is 9.59 Å². The third-order valence-electron chi connectivity index (χ3n) is 7.09. The van der Waals surface area contributed by atoms with Crippen molar-refractivity contribution in [2.45, 2.75) is 51.6 Å². The van der Waals surface area contributed by atoms with Crippen LogP contribution in [0.4, 0.5) is 11.6 Å². The highest BCUT2D eigenvalue weighted by molar-refractivity contribution is 6.33. The molecule has 2 aromatic heterocycles. The Morgan fingerprint density at radius 2 is 1.81 bits per heavy atom. The minimum absolute atomic E-state index is 0.0235. The predicted molar refractivity (Wildman–Crippen MR) is 176 cm³/mol. The first-order chi connectivity index (χ1) is 20.9. The first-order valence-electron chi connectivity index (χ1n) is 14.7. The molecule has 9 nitrogen and oxygen atoms in total. The molecule has 1 fully saturated rings. The van der Waals surface area contributed by atoms with Crippen LogP contribution in [0, 0.1) is 0 Å². The zero-order valence-corrected chi connectivity index (χ0v) is 25.9. The van der Waals surface area contributed by atoms with Crippen molar-refractivity contribution in [1.29, 1.82) is 0 Å². The zero-order valence-electron chi connectivity index (χ0n) is 25.2. The lowest BCUT2D eigenvalue weighted by molar-refractivity contribution is -0.111. The van der Waals surface area contributed by atoms with Crippen LogP contribution in [0.5, 0.6) is 0 Å². The first kappa shape index (κ1) is 31.7. The van der Waals surface area contributed by atoms with Crippen LogP contribution < -0.4 is 16.0 Å². The van der Waals surface area contributed by atoms with E-state index in [4.69, 9.17) is 16.6 Å². The number of aromatic nitrogens is 3. The highest BCUT2D eigenvalue weighted by atomic mass is 35.5. The van der Waals surface area contributed by atoms with E-state index in [-0.39, 0.29) is 23.9 Å². The maximum absolute atomic E-state index is 13.0. The standard InChI is InChI=1S/C31H34ClN7O2.C2H6/c1-39(2)16-6-11-28(40)35-21-14-12-20(13-15-21)30(41)36-22-7-5-8-23(17-22)37-31-34-19-26(32)29(38-31)25-18-33-27-10-4-3-9-24(25)27;1-2/h3-4,6,9-15,18-19,22-23,33H,5,7-8,16-17H2,1-2H3,(H,35,40)(H,36,41)(H,34,37,38);1-2H3/b11-6+;. The molecule has 1 aliphatic rings. The molecule has 2 unspecified atom stereocenters. The fourth-order valence-corrected chi connectivity index (χ4v) is 5.25. The molecule has 2 aromatic carbocycles. The maximum Gasteiger partial charge on any atom is 0.251 e. The molecular formula is C33H40ClN7O2. The molecular weight excluding hydrogens is 562 g/mol. The van der Waals surface area contributed by atoms with E-state index in [1.54, 1.807) is 36.5 Å². The lowest BCUT2D eigenvalue weighted by Gasteiger charge is -2.30. The number of hydrogen-bond acceptors (Lipinski definition) is 6. The molecule has 1 saturated carbocycles. The number of hydrogen-bond donors (Lipinski definition) is 4. The fourth-order valence-electron chi connectivity index (χ4n) is 5.06. The van der Waals surface area contributed by atoms with Gasteiger partial charge in [-0.15, -0.1) is 0 Å². The molecule has 0 spiro atoms. The number of fused-ring (bicyclic) bond motifs is 1. The van der Waals surface area contributed by atoms with Crippen LogP contribution in [0.3, 0.4) is 0 Å². The normalized spacial score (nSPS) is 16.5. The number of nitrogens with zero attached hydrogens (tertiary/aromatic N) is 3. The second kappa shape index (κ2) is 15.3. The fraction of sp³-hybridized carbons (Fsp3) is 0.333. The Kier molecular flexibility index (Phi) is 11.3. The highest BCUT2D eigenvalue weighted by Gasteiger charge is 2.25. The van der Waals surface area contributed by atoms with Crippen LogP contribution in [0.1, 0.15) is 49.9 Å². The van der Waals surface area contributed by atoms with Gasteiger partial charge in [-0.25, -0.2) is 9.97 Å². The predicted octanol–water partition coefficient (Wildman–Crippen LogP) is 6.51. The van der Waals surface area contributed by atoms with Crippen LogP contribution in [0.2, 0.25) is 5.02 Å². The Labute approximate surface area is 258 Å². The topological polar surface area (TPSA) is 115 Å². The number of halogens is 1. The number of benzene rings is 2. The summed E-state index contributed by atoms with van der Waals surface area (Å²) in [5.74, 6) is 0.174. The minimum Gasteiger partial charge on any atom is -0.360 e. The van der Waals surface area contributed by atoms with Crippen LogP contribution in [0.15, 0.2) is 73.1 Å².